The number of pyridine rings is 1. The van der Waals surface area contributed by atoms with E-state index in [0.717, 1.165) is 5.52 Å². The molecular weight excluding hydrogens is 148 g/mol. The van der Waals surface area contributed by atoms with Gasteiger partial charge >= 0.3 is 0 Å². The van der Waals surface area contributed by atoms with E-state index >= 15 is 0 Å². The molecule has 0 atom stereocenters. The third-order valence-corrected chi connectivity index (χ3v) is 1.31. The Morgan fingerprint density at radius 3 is 2.67 bits per heavy atom. The highest BCUT2D eigenvalue weighted by Gasteiger charge is 1.85. The first-order chi connectivity index (χ1) is 5.88. The summed E-state index contributed by atoms with van der Waals surface area (Å²) in [6.45, 7) is 4.25. The fourth-order valence-corrected chi connectivity index (χ4v) is 0.866. The van der Waals surface area contributed by atoms with Crippen LogP contribution in [0.15, 0.2) is 36.7 Å². The van der Waals surface area contributed by atoms with E-state index in [2.05, 4.69) is 18.9 Å². The Morgan fingerprint density at radius 1 is 1.25 bits per heavy atom. The third kappa shape index (κ3) is 2.09. The number of fused-ring (bicyclic) bond motifs is 1. The Hall–Kier alpha value is -1.31. The summed E-state index contributed by atoms with van der Waals surface area (Å²) in [6, 6.07) is 7.95. The molecule has 2 aromatic heterocycles. The normalized spacial score (nSPS) is 9.17. The number of nitrogens with zero attached hydrogens (tertiary/aromatic N) is 2. The van der Waals surface area contributed by atoms with Gasteiger partial charge in [-0.05, 0) is 18.2 Å². The summed E-state index contributed by atoms with van der Waals surface area (Å²) in [5, 5.41) is 4.04. The molecule has 0 aliphatic rings. The van der Waals surface area contributed by atoms with Crippen molar-refractivity contribution >= 4 is 5.52 Å². The van der Waals surface area contributed by atoms with E-state index in [1.165, 1.54) is 6.42 Å². The Bertz CT molecular complexity index is 295. The van der Waals surface area contributed by atoms with Gasteiger partial charge in [0.1, 0.15) is 0 Å². The monoisotopic (exact) mass is 162 g/mol. The van der Waals surface area contributed by atoms with Crippen LogP contribution in [0.3, 0.4) is 0 Å². The first-order valence-corrected chi connectivity index (χ1v) is 4.26. The van der Waals surface area contributed by atoms with E-state index in [0.29, 0.717) is 0 Å². The third-order valence-electron chi connectivity index (χ3n) is 1.31. The molecule has 0 aliphatic carbocycles. The van der Waals surface area contributed by atoms with Crippen molar-refractivity contribution in [1.82, 2.24) is 9.61 Å². The largest absolute Gasteiger partial charge is 0.241 e. The molecular formula is C10H14N2. The summed E-state index contributed by atoms with van der Waals surface area (Å²) >= 11 is 0. The highest BCUT2D eigenvalue weighted by molar-refractivity contribution is 5.44. The van der Waals surface area contributed by atoms with Gasteiger partial charge in [-0.2, -0.15) is 5.10 Å². The molecule has 0 unspecified atom stereocenters. The molecule has 2 heterocycles. The van der Waals surface area contributed by atoms with Gasteiger partial charge in [-0.15, -0.1) is 0 Å². The highest BCUT2D eigenvalue weighted by Crippen LogP contribution is 1.98. The maximum absolute atomic E-state index is 4.04. The first kappa shape index (κ1) is 8.78. The SMILES string of the molecule is CCC.c1ccn2nccc2c1. The zero-order valence-electron chi connectivity index (χ0n) is 7.57. The second-order valence-corrected chi connectivity index (χ2v) is 2.61. The smallest absolute Gasteiger partial charge is 0.0661 e. The van der Waals surface area contributed by atoms with Crippen molar-refractivity contribution in [2.75, 3.05) is 0 Å². The van der Waals surface area contributed by atoms with Gasteiger partial charge in [0.2, 0.25) is 0 Å². The number of rotatable bonds is 0. The molecule has 2 nitrogen and oxygen atoms in total. The van der Waals surface area contributed by atoms with Crippen molar-refractivity contribution in [2.45, 2.75) is 20.3 Å². The predicted molar refractivity (Wildman–Crippen MR) is 51.2 cm³/mol. The van der Waals surface area contributed by atoms with Crippen molar-refractivity contribution in [1.29, 1.82) is 0 Å². The van der Waals surface area contributed by atoms with Crippen LogP contribution in [-0.4, -0.2) is 9.61 Å². The van der Waals surface area contributed by atoms with E-state index in [1.807, 2.05) is 35.0 Å². The molecule has 0 saturated carbocycles. The molecule has 2 heteroatoms. The average Bonchev–Trinajstić information content (AvgIpc) is 2.52. The maximum Gasteiger partial charge on any atom is 0.0661 e. The summed E-state index contributed by atoms with van der Waals surface area (Å²) in [4.78, 5) is 0. The lowest BCUT2D eigenvalue weighted by molar-refractivity contribution is 0.961. The minimum Gasteiger partial charge on any atom is -0.241 e. The van der Waals surface area contributed by atoms with Crippen LogP contribution >= 0.6 is 0 Å². The average molecular weight is 162 g/mol. The van der Waals surface area contributed by atoms with Crippen molar-refractivity contribution in [3.8, 4) is 0 Å². The molecule has 64 valence electrons. The molecule has 0 amide bonds. The predicted octanol–water partition coefficient (Wildman–Crippen LogP) is 2.75. The number of hydrogen-bond donors (Lipinski definition) is 0. The Kier molecular flexibility index (Phi) is 3.33. The molecule has 0 fully saturated rings. The zero-order chi connectivity index (χ0) is 8.81. The van der Waals surface area contributed by atoms with Crippen LogP contribution in [0.2, 0.25) is 0 Å². The lowest BCUT2D eigenvalue weighted by atomic mass is 10.4. The van der Waals surface area contributed by atoms with Crippen LogP contribution in [0.1, 0.15) is 20.3 Å². The summed E-state index contributed by atoms with van der Waals surface area (Å²) in [6.07, 6.45) is 4.96. The van der Waals surface area contributed by atoms with E-state index in [1.54, 1.807) is 6.20 Å². The summed E-state index contributed by atoms with van der Waals surface area (Å²) < 4.78 is 1.83. The Labute approximate surface area is 72.8 Å². The van der Waals surface area contributed by atoms with Crippen molar-refractivity contribution in [3.05, 3.63) is 36.7 Å². The van der Waals surface area contributed by atoms with Crippen LogP contribution in [0.4, 0.5) is 0 Å². The fraction of sp³-hybridized carbons (Fsp3) is 0.300. The van der Waals surface area contributed by atoms with Gasteiger partial charge in [-0.25, -0.2) is 4.52 Å². The number of hydrogen-bond acceptors (Lipinski definition) is 1. The molecule has 0 saturated heterocycles. The van der Waals surface area contributed by atoms with Crippen molar-refractivity contribution in [3.63, 3.8) is 0 Å². The van der Waals surface area contributed by atoms with Gasteiger partial charge in [-0.3, -0.25) is 0 Å². The molecule has 2 aromatic rings. The maximum atomic E-state index is 4.04. The van der Waals surface area contributed by atoms with Crippen LogP contribution in [0, 0.1) is 0 Å². The Morgan fingerprint density at radius 2 is 2.00 bits per heavy atom. The molecule has 0 aliphatic heterocycles. The zero-order valence-corrected chi connectivity index (χ0v) is 7.57. The van der Waals surface area contributed by atoms with Gasteiger partial charge in [0.05, 0.1) is 5.52 Å². The molecule has 2 rings (SSSR count). The van der Waals surface area contributed by atoms with Crippen LogP contribution < -0.4 is 0 Å². The lowest BCUT2D eigenvalue weighted by Crippen LogP contribution is -1.81. The van der Waals surface area contributed by atoms with Crippen LogP contribution in [-0.2, 0) is 0 Å². The van der Waals surface area contributed by atoms with E-state index < -0.39 is 0 Å². The van der Waals surface area contributed by atoms with Gasteiger partial charge in [-0.1, -0.05) is 26.3 Å². The van der Waals surface area contributed by atoms with Crippen molar-refractivity contribution in [2.24, 2.45) is 0 Å². The quantitative estimate of drug-likeness (QED) is 0.582. The second-order valence-electron chi connectivity index (χ2n) is 2.61. The molecule has 12 heavy (non-hydrogen) atoms. The van der Waals surface area contributed by atoms with Gasteiger partial charge in [0.15, 0.2) is 0 Å². The fourth-order valence-electron chi connectivity index (χ4n) is 0.866. The van der Waals surface area contributed by atoms with E-state index in [9.17, 15) is 0 Å². The standard InChI is InChI=1S/C7H6N2.C3H8/c1-2-6-9-7(3-1)4-5-8-9;1-3-2/h1-6H;3H2,1-2H3. The molecule has 0 aromatic carbocycles. The van der Waals surface area contributed by atoms with Crippen LogP contribution in [0.5, 0.6) is 0 Å². The molecule has 0 radical (unpaired) electrons. The summed E-state index contributed by atoms with van der Waals surface area (Å²) in [5.74, 6) is 0. The summed E-state index contributed by atoms with van der Waals surface area (Å²) in [5.41, 5.74) is 1.14. The lowest BCUT2D eigenvalue weighted by Gasteiger charge is -1.86. The second kappa shape index (κ2) is 4.54. The molecule has 0 spiro atoms. The summed E-state index contributed by atoms with van der Waals surface area (Å²) in [7, 11) is 0. The van der Waals surface area contributed by atoms with Crippen molar-refractivity contribution < 1.29 is 0 Å². The highest BCUT2D eigenvalue weighted by atomic mass is 15.2. The minimum atomic E-state index is 1.14. The van der Waals surface area contributed by atoms with E-state index in [4.69, 9.17) is 0 Å². The Balaban J connectivity index is 0.000000213. The topological polar surface area (TPSA) is 17.3 Å². The van der Waals surface area contributed by atoms with Gasteiger partial charge in [0.25, 0.3) is 0 Å². The first-order valence-electron chi connectivity index (χ1n) is 4.26. The molecule has 0 bridgehead atoms. The van der Waals surface area contributed by atoms with Gasteiger partial charge < -0.3 is 0 Å². The van der Waals surface area contributed by atoms with Gasteiger partial charge in [0, 0.05) is 12.4 Å². The van der Waals surface area contributed by atoms with E-state index in [-0.39, 0.29) is 0 Å². The molecule has 0 N–H and O–H groups in total. The number of aromatic nitrogens is 2. The van der Waals surface area contributed by atoms with Crippen LogP contribution in [0.25, 0.3) is 5.52 Å². The minimum absolute atomic E-state index is 1.14.